The Morgan fingerprint density at radius 1 is 1.35 bits per heavy atom. The fourth-order valence-electron chi connectivity index (χ4n) is 2.50. The predicted octanol–water partition coefficient (Wildman–Crippen LogP) is 2.73. The summed E-state index contributed by atoms with van der Waals surface area (Å²) in [6, 6.07) is 9.17. The van der Waals surface area contributed by atoms with E-state index in [0.29, 0.717) is 17.4 Å². The van der Waals surface area contributed by atoms with Crippen LogP contribution in [0.15, 0.2) is 24.3 Å². The molecule has 1 heterocycles. The molecule has 0 saturated carbocycles. The lowest BCUT2D eigenvalue weighted by Crippen LogP contribution is -2.41. The number of hydrogen-bond acceptors (Lipinski definition) is 3. The summed E-state index contributed by atoms with van der Waals surface area (Å²) < 4.78 is 5.51. The summed E-state index contributed by atoms with van der Waals surface area (Å²) in [4.78, 5) is 14.1. The smallest absolute Gasteiger partial charge is 0.260 e. The Morgan fingerprint density at radius 2 is 2.10 bits per heavy atom. The van der Waals surface area contributed by atoms with Crippen molar-refractivity contribution in [2.45, 2.75) is 38.6 Å². The zero-order valence-corrected chi connectivity index (χ0v) is 11.8. The first-order valence-corrected chi connectivity index (χ1v) is 7.13. The van der Waals surface area contributed by atoms with Gasteiger partial charge in [-0.2, -0.15) is 5.26 Å². The summed E-state index contributed by atoms with van der Waals surface area (Å²) in [6.45, 7) is 3.00. The molecule has 0 spiro atoms. The van der Waals surface area contributed by atoms with Crippen molar-refractivity contribution in [3.8, 4) is 11.8 Å². The third-order valence-corrected chi connectivity index (χ3v) is 3.72. The lowest BCUT2D eigenvalue weighted by atomic mass is 10.1. The fraction of sp³-hybridized carbons (Fsp3) is 0.500. The zero-order chi connectivity index (χ0) is 14.4. The van der Waals surface area contributed by atoms with Crippen LogP contribution in [0.1, 0.15) is 38.2 Å². The van der Waals surface area contributed by atoms with Gasteiger partial charge in [0.25, 0.3) is 5.91 Å². The summed E-state index contributed by atoms with van der Waals surface area (Å²) >= 11 is 0. The van der Waals surface area contributed by atoms with Gasteiger partial charge >= 0.3 is 0 Å². The molecule has 4 nitrogen and oxygen atoms in total. The second-order valence-corrected chi connectivity index (χ2v) is 5.21. The first kappa shape index (κ1) is 14.4. The Hall–Kier alpha value is -2.02. The molecule has 0 radical (unpaired) electrons. The van der Waals surface area contributed by atoms with E-state index >= 15 is 0 Å². The van der Waals surface area contributed by atoms with Crippen LogP contribution < -0.4 is 4.74 Å². The number of ether oxygens (including phenoxy) is 1. The quantitative estimate of drug-likeness (QED) is 0.850. The number of carbonyl (C=O) groups is 1. The van der Waals surface area contributed by atoms with E-state index in [2.05, 4.69) is 13.0 Å². The van der Waals surface area contributed by atoms with Crippen molar-refractivity contribution in [2.75, 3.05) is 13.2 Å². The molecule has 1 saturated heterocycles. The largest absolute Gasteiger partial charge is 0.484 e. The lowest BCUT2D eigenvalue weighted by molar-refractivity contribution is -0.135. The number of benzene rings is 1. The van der Waals surface area contributed by atoms with Crippen LogP contribution >= 0.6 is 0 Å². The molecular weight excluding hydrogens is 252 g/mol. The van der Waals surface area contributed by atoms with Crippen LogP contribution in [0.5, 0.6) is 5.75 Å². The normalized spacial score (nSPS) is 19.0. The monoisotopic (exact) mass is 272 g/mol. The molecule has 106 valence electrons. The van der Waals surface area contributed by atoms with E-state index in [-0.39, 0.29) is 12.5 Å². The molecule has 1 fully saturated rings. The highest BCUT2D eigenvalue weighted by atomic mass is 16.5. The maximum absolute atomic E-state index is 12.2. The van der Waals surface area contributed by atoms with Crippen molar-refractivity contribution in [1.29, 1.82) is 5.26 Å². The van der Waals surface area contributed by atoms with E-state index in [0.717, 1.165) is 19.4 Å². The van der Waals surface area contributed by atoms with Crippen LogP contribution in [0.2, 0.25) is 0 Å². The van der Waals surface area contributed by atoms with Crippen molar-refractivity contribution in [3.05, 3.63) is 29.8 Å². The number of carbonyl (C=O) groups excluding carboxylic acids is 1. The molecule has 1 atom stereocenters. The Morgan fingerprint density at radius 3 is 2.80 bits per heavy atom. The third kappa shape index (κ3) is 3.74. The second-order valence-electron chi connectivity index (χ2n) is 5.21. The van der Waals surface area contributed by atoms with Crippen LogP contribution in [-0.2, 0) is 4.79 Å². The van der Waals surface area contributed by atoms with Crippen LogP contribution in [0.25, 0.3) is 0 Å². The fourth-order valence-corrected chi connectivity index (χ4v) is 2.50. The summed E-state index contributed by atoms with van der Waals surface area (Å²) in [6.07, 6.45) is 4.54. The maximum Gasteiger partial charge on any atom is 0.260 e. The van der Waals surface area contributed by atoms with Crippen molar-refractivity contribution in [2.24, 2.45) is 0 Å². The topological polar surface area (TPSA) is 53.3 Å². The third-order valence-electron chi connectivity index (χ3n) is 3.72. The number of hydrogen-bond donors (Lipinski definition) is 0. The minimum Gasteiger partial charge on any atom is -0.484 e. The molecule has 2 rings (SSSR count). The molecular formula is C16H20N2O2. The van der Waals surface area contributed by atoms with Crippen LogP contribution in [0, 0.1) is 11.3 Å². The molecule has 1 unspecified atom stereocenters. The first-order valence-electron chi connectivity index (χ1n) is 7.13. The number of likely N-dealkylation sites (tertiary alicyclic amines) is 1. The summed E-state index contributed by atoms with van der Waals surface area (Å²) in [5.74, 6) is 0.670. The highest BCUT2D eigenvalue weighted by Gasteiger charge is 2.22. The van der Waals surface area contributed by atoms with Gasteiger partial charge in [-0.05, 0) is 44.0 Å². The highest BCUT2D eigenvalue weighted by molar-refractivity contribution is 5.78. The van der Waals surface area contributed by atoms with Crippen molar-refractivity contribution in [3.63, 3.8) is 0 Å². The van der Waals surface area contributed by atoms with Crippen LogP contribution in [-0.4, -0.2) is 30.0 Å². The number of nitrogens with zero attached hydrogens (tertiary/aromatic N) is 2. The van der Waals surface area contributed by atoms with Gasteiger partial charge in [-0.25, -0.2) is 0 Å². The average molecular weight is 272 g/mol. The van der Waals surface area contributed by atoms with Gasteiger partial charge < -0.3 is 9.64 Å². The van der Waals surface area contributed by atoms with E-state index in [1.807, 2.05) is 4.90 Å². The van der Waals surface area contributed by atoms with Gasteiger partial charge in [-0.3, -0.25) is 4.79 Å². The summed E-state index contributed by atoms with van der Waals surface area (Å²) in [7, 11) is 0. The molecule has 1 aliphatic rings. The van der Waals surface area contributed by atoms with E-state index in [1.54, 1.807) is 24.3 Å². The molecule has 0 aliphatic carbocycles. The SMILES string of the molecule is CC1CCCCCN1C(=O)COc1ccc(C#N)cc1. The van der Waals surface area contributed by atoms with Gasteiger partial charge in [-0.1, -0.05) is 12.8 Å². The van der Waals surface area contributed by atoms with Gasteiger partial charge in [-0.15, -0.1) is 0 Å². The van der Waals surface area contributed by atoms with Gasteiger partial charge in [0.2, 0.25) is 0 Å². The second kappa shape index (κ2) is 6.95. The minimum absolute atomic E-state index is 0.0451. The first-order chi connectivity index (χ1) is 9.70. The number of rotatable bonds is 3. The Kier molecular flexibility index (Phi) is 5.00. The molecule has 1 amide bonds. The average Bonchev–Trinajstić information content (AvgIpc) is 2.70. The Labute approximate surface area is 120 Å². The van der Waals surface area contributed by atoms with Gasteiger partial charge in [0.15, 0.2) is 6.61 Å². The van der Waals surface area contributed by atoms with Crippen molar-refractivity contribution >= 4 is 5.91 Å². The molecule has 1 aliphatic heterocycles. The van der Waals surface area contributed by atoms with Gasteiger partial charge in [0, 0.05) is 12.6 Å². The Bertz CT molecular complexity index is 490. The zero-order valence-electron chi connectivity index (χ0n) is 11.8. The summed E-state index contributed by atoms with van der Waals surface area (Å²) in [5.41, 5.74) is 0.588. The molecule has 1 aromatic rings. The van der Waals surface area contributed by atoms with Crippen LogP contribution in [0.4, 0.5) is 0 Å². The van der Waals surface area contributed by atoms with Gasteiger partial charge in [0.1, 0.15) is 5.75 Å². The maximum atomic E-state index is 12.2. The van der Waals surface area contributed by atoms with E-state index in [1.165, 1.54) is 12.8 Å². The molecule has 0 N–H and O–H groups in total. The molecule has 1 aromatic carbocycles. The van der Waals surface area contributed by atoms with Gasteiger partial charge in [0.05, 0.1) is 11.6 Å². The van der Waals surface area contributed by atoms with E-state index in [9.17, 15) is 4.79 Å². The number of amides is 1. The lowest BCUT2D eigenvalue weighted by Gasteiger charge is -2.27. The van der Waals surface area contributed by atoms with Crippen molar-refractivity contribution in [1.82, 2.24) is 4.90 Å². The highest BCUT2D eigenvalue weighted by Crippen LogP contribution is 2.17. The molecule has 0 bridgehead atoms. The van der Waals surface area contributed by atoms with Crippen LogP contribution in [0.3, 0.4) is 0 Å². The molecule has 20 heavy (non-hydrogen) atoms. The van der Waals surface area contributed by atoms with E-state index < -0.39 is 0 Å². The van der Waals surface area contributed by atoms with E-state index in [4.69, 9.17) is 10.00 Å². The molecule has 4 heteroatoms. The Balaban J connectivity index is 1.88. The standard InChI is InChI=1S/C16H20N2O2/c1-13-5-3-2-4-10-18(13)16(19)12-20-15-8-6-14(11-17)7-9-15/h6-9,13H,2-5,10,12H2,1H3. The minimum atomic E-state index is 0.0451. The number of nitriles is 1. The summed E-state index contributed by atoms with van der Waals surface area (Å²) in [5, 5.41) is 8.72. The molecule has 0 aromatic heterocycles. The predicted molar refractivity (Wildman–Crippen MR) is 76.3 cm³/mol. The van der Waals surface area contributed by atoms with Crippen molar-refractivity contribution < 1.29 is 9.53 Å².